The lowest BCUT2D eigenvalue weighted by Crippen LogP contribution is -2.51. The van der Waals surface area contributed by atoms with Crippen LogP contribution in [0.15, 0.2) is 30.5 Å². The summed E-state index contributed by atoms with van der Waals surface area (Å²) in [6, 6.07) is 7.44. The number of ether oxygens (including phenoxy) is 1. The molecule has 0 aliphatic carbocycles. The van der Waals surface area contributed by atoms with Gasteiger partial charge in [-0.1, -0.05) is 0 Å². The molecule has 0 unspecified atom stereocenters. The molecular formula is C24H32N8O3. The van der Waals surface area contributed by atoms with E-state index < -0.39 is 0 Å². The lowest BCUT2D eigenvalue weighted by molar-refractivity contribution is 0.0303. The molecule has 11 nitrogen and oxygen atoms in total. The summed E-state index contributed by atoms with van der Waals surface area (Å²) in [6.07, 6.45) is 5.63. The van der Waals surface area contributed by atoms with Crippen LogP contribution in [0.1, 0.15) is 36.0 Å². The molecule has 186 valence electrons. The minimum atomic E-state index is 0.0160. The monoisotopic (exact) mass is 480 g/mol. The van der Waals surface area contributed by atoms with Crippen LogP contribution in [0.3, 0.4) is 0 Å². The number of aromatic nitrogens is 3. The highest BCUT2D eigenvalue weighted by Gasteiger charge is 2.26. The van der Waals surface area contributed by atoms with Gasteiger partial charge in [0.15, 0.2) is 5.82 Å². The first-order valence-corrected chi connectivity index (χ1v) is 12.4. The number of amides is 3. The largest absolute Gasteiger partial charge is 0.378 e. The van der Waals surface area contributed by atoms with Crippen molar-refractivity contribution in [2.45, 2.75) is 31.7 Å². The van der Waals surface area contributed by atoms with Gasteiger partial charge >= 0.3 is 6.03 Å². The fourth-order valence-electron chi connectivity index (χ4n) is 4.74. The van der Waals surface area contributed by atoms with Gasteiger partial charge in [0.05, 0.1) is 19.4 Å². The molecule has 0 saturated carbocycles. The Balaban J connectivity index is 1.18. The zero-order valence-corrected chi connectivity index (χ0v) is 19.9. The molecule has 1 atom stereocenters. The highest BCUT2D eigenvalue weighted by Crippen LogP contribution is 2.20. The van der Waals surface area contributed by atoms with Gasteiger partial charge in [-0.05, 0) is 49.9 Å². The third-order valence-electron chi connectivity index (χ3n) is 6.68. The first-order chi connectivity index (χ1) is 17.2. The van der Waals surface area contributed by atoms with Crippen LogP contribution in [0.25, 0.3) is 0 Å². The summed E-state index contributed by atoms with van der Waals surface area (Å²) in [6.45, 7) is 5.55. The predicted octanol–water partition coefficient (Wildman–Crippen LogP) is 1.86. The van der Waals surface area contributed by atoms with E-state index in [1.807, 2.05) is 34.1 Å². The van der Waals surface area contributed by atoms with Crippen molar-refractivity contribution in [2.75, 3.05) is 62.7 Å². The zero-order valence-electron chi connectivity index (χ0n) is 19.9. The molecule has 4 heterocycles. The Kier molecular flexibility index (Phi) is 7.22. The van der Waals surface area contributed by atoms with E-state index in [4.69, 9.17) is 4.74 Å². The number of benzene rings is 1. The lowest BCUT2D eigenvalue weighted by atomic mass is 10.1. The summed E-state index contributed by atoms with van der Waals surface area (Å²) in [4.78, 5) is 35.5. The second-order valence-electron chi connectivity index (χ2n) is 9.18. The molecule has 3 aliphatic rings. The van der Waals surface area contributed by atoms with E-state index in [1.54, 1.807) is 6.20 Å². The molecule has 2 aromatic rings. The lowest BCUT2D eigenvalue weighted by Gasteiger charge is -2.33. The number of nitrogens with zero attached hydrogens (tertiary/aromatic N) is 6. The fourth-order valence-corrected chi connectivity index (χ4v) is 4.74. The molecule has 1 aromatic carbocycles. The van der Waals surface area contributed by atoms with Crippen molar-refractivity contribution >= 4 is 29.4 Å². The van der Waals surface area contributed by atoms with Gasteiger partial charge in [-0.15, -0.1) is 5.10 Å². The van der Waals surface area contributed by atoms with Gasteiger partial charge in [-0.3, -0.25) is 4.79 Å². The van der Waals surface area contributed by atoms with E-state index in [0.717, 1.165) is 51.0 Å². The van der Waals surface area contributed by atoms with Crippen molar-refractivity contribution in [3.8, 4) is 0 Å². The second kappa shape index (κ2) is 10.9. The SMILES string of the molecule is O=C(N[C@@H]1CCCN(c2nncc(Nc3ccc(C(=O)N4CCOCC4)cc3)n2)C1)N1CCCC1. The number of urea groups is 1. The van der Waals surface area contributed by atoms with E-state index in [9.17, 15) is 9.59 Å². The smallest absolute Gasteiger partial charge is 0.317 e. The van der Waals surface area contributed by atoms with E-state index in [1.165, 1.54) is 0 Å². The number of carbonyl (C=O) groups excluding carboxylic acids is 2. The third-order valence-corrected chi connectivity index (χ3v) is 6.68. The van der Waals surface area contributed by atoms with Crippen molar-refractivity contribution in [1.82, 2.24) is 30.3 Å². The average molecular weight is 481 g/mol. The number of morpholine rings is 1. The van der Waals surface area contributed by atoms with Crippen molar-refractivity contribution in [2.24, 2.45) is 0 Å². The van der Waals surface area contributed by atoms with Crippen LogP contribution in [0.5, 0.6) is 0 Å². The molecule has 2 N–H and O–H groups in total. The van der Waals surface area contributed by atoms with Crippen LogP contribution in [-0.2, 0) is 4.74 Å². The van der Waals surface area contributed by atoms with Crippen LogP contribution in [0, 0.1) is 0 Å². The number of rotatable bonds is 5. The Morgan fingerprint density at radius 2 is 1.71 bits per heavy atom. The summed E-state index contributed by atoms with van der Waals surface area (Å²) < 4.78 is 5.32. The topological polar surface area (TPSA) is 116 Å². The normalized spacial score (nSPS) is 20.6. The number of anilines is 3. The highest BCUT2D eigenvalue weighted by atomic mass is 16.5. The van der Waals surface area contributed by atoms with E-state index in [-0.39, 0.29) is 18.0 Å². The highest BCUT2D eigenvalue weighted by molar-refractivity contribution is 5.94. The first kappa shape index (κ1) is 23.3. The van der Waals surface area contributed by atoms with Crippen LogP contribution < -0.4 is 15.5 Å². The predicted molar refractivity (Wildman–Crippen MR) is 131 cm³/mol. The fraction of sp³-hybridized carbons (Fsp3) is 0.542. The average Bonchev–Trinajstić information content (AvgIpc) is 3.45. The number of likely N-dealkylation sites (tertiary alicyclic amines) is 1. The van der Waals surface area contributed by atoms with E-state index in [0.29, 0.717) is 50.2 Å². The van der Waals surface area contributed by atoms with Crippen molar-refractivity contribution < 1.29 is 14.3 Å². The first-order valence-electron chi connectivity index (χ1n) is 12.4. The number of piperidine rings is 1. The molecule has 3 saturated heterocycles. The maximum atomic E-state index is 12.6. The van der Waals surface area contributed by atoms with Gasteiger partial charge in [-0.2, -0.15) is 10.1 Å². The summed E-state index contributed by atoms with van der Waals surface area (Å²) >= 11 is 0. The molecule has 0 radical (unpaired) electrons. The second-order valence-corrected chi connectivity index (χ2v) is 9.18. The molecule has 11 heteroatoms. The third kappa shape index (κ3) is 5.79. The molecular weight excluding hydrogens is 448 g/mol. The summed E-state index contributed by atoms with van der Waals surface area (Å²) in [7, 11) is 0. The minimum absolute atomic E-state index is 0.0160. The van der Waals surface area contributed by atoms with Gasteiger partial charge in [-0.25, -0.2) is 4.79 Å². The number of hydrogen-bond donors (Lipinski definition) is 2. The van der Waals surface area contributed by atoms with Crippen molar-refractivity contribution in [1.29, 1.82) is 0 Å². The molecule has 0 spiro atoms. The van der Waals surface area contributed by atoms with Gasteiger partial charge in [0.2, 0.25) is 5.95 Å². The molecule has 3 amide bonds. The van der Waals surface area contributed by atoms with Crippen LogP contribution in [0.4, 0.5) is 22.2 Å². The molecule has 3 fully saturated rings. The Bertz CT molecular complexity index is 1020. The standard InChI is InChI=1S/C24H32N8O3/c33-22(30-12-14-35-15-13-30)18-5-7-19(8-6-18)26-21-16-25-29-23(28-21)32-11-3-4-20(17-32)27-24(34)31-9-1-2-10-31/h5-8,16,20H,1-4,9-15,17H2,(H,27,34)(H,26,28,29)/t20-/m1/s1. The van der Waals surface area contributed by atoms with E-state index in [2.05, 4.69) is 30.7 Å². The van der Waals surface area contributed by atoms with Crippen molar-refractivity contribution in [3.63, 3.8) is 0 Å². The van der Waals surface area contributed by atoms with Gasteiger partial charge < -0.3 is 30.1 Å². The van der Waals surface area contributed by atoms with Crippen LogP contribution >= 0.6 is 0 Å². The Morgan fingerprint density at radius 1 is 0.943 bits per heavy atom. The quantitative estimate of drug-likeness (QED) is 0.666. The molecule has 5 rings (SSSR count). The van der Waals surface area contributed by atoms with E-state index >= 15 is 0 Å². The van der Waals surface area contributed by atoms with Gasteiger partial charge in [0.25, 0.3) is 5.91 Å². The van der Waals surface area contributed by atoms with Gasteiger partial charge in [0.1, 0.15) is 0 Å². The summed E-state index contributed by atoms with van der Waals surface area (Å²) in [5.74, 6) is 1.13. The summed E-state index contributed by atoms with van der Waals surface area (Å²) in [5.41, 5.74) is 1.46. The van der Waals surface area contributed by atoms with Gasteiger partial charge in [0, 0.05) is 56.6 Å². The summed E-state index contributed by atoms with van der Waals surface area (Å²) in [5, 5.41) is 14.8. The Hall–Kier alpha value is -3.47. The maximum Gasteiger partial charge on any atom is 0.317 e. The van der Waals surface area contributed by atoms with Crippen LogP contribution in [0.2, 0.25) is 0 Å². The number of carbonyl (C=O) groups is 2. The molecule has 0 bridgehead atoms. The van der Waals surface area contributed by atoms with Crippen LogP contribution in [-0.4, -0.2) is 95.4 Å². The number of hydrogen-bond acceptors (Lipinski definition) is 8. The molecule has 35 heavy (non-hydrogen) atoms. The molecule has 1 aromatic heterocycles. The van der Waals surface area contributed by atoms with Crippen molar-refractivity contribution in [3.05, 3.63) is 36.0 Å². The maximum absolute atomic E-state index is 12.6. The Labute approximate surface area is 204 Å². The Morgan fingerprint density at radius 3 is 2.49 bits per heavy atom. The number of nitrogens with one attached hydrogen (secondary N) is 2. The zero-order chi connectivity index (χ0) is 24.0. The molecule has 3 aliphatic heterocycles. The minimum Gasteiger partial charge on any atom is -0.378 e.